The van der Waals surface area contributed by atoms with Crippen LogP contribution in [-0.2, 0) is 0 Å². The Bertz CT molecular complexity index is 1080. The minimum atomic E-state index is -0.959. The van der Waals surface area contributed by atoms with Crippen LogP contribution in [0.1, 0.15) is 26.3 Å². The molecule has 28 heavy (non-hydrogen) atoms. The summed E-state index contributed by atoms with van der Waals surface area (Å²) in [4.78, 5) is 35.0. The van der Waals surface area contributed by atoms with E-state index in [0.29, 0.717) is 17.2 Å². The lowest BCUT2D eigenvalue weighted by molar-refractivity contribution is -0.384. The third-order valence-corrected chi connectivity index (χ3v) is 3.98. The van der Waals surface area contributed by atoms with E-state index in [-0.39, 0.29) is 17.0 Å². The predicted molar refractivity (Wildman–Crippen MR) is 102 cm³/mol. The first-order valence-corrected chi connectivity index (χ1v) is 8.11. The van der Waals surface area contributed by atoms with Gasteiger partial charge in [-0.05, 0) is 18.2 Å². The number of hydrogen-bond acceptors (Lipinski definition) is 5. The monoisotopic (exact) mass is 379 g/mol. The summed E-state index contributed by atoms with van der Waals surface area (Å²) >= 11 is 0. The van der Waals surface area contributed by atoms with Crippen LogP contribution in [0.5, 0.6) is 0 Å². The highest BCUT2D eigenvalue weighted by Gasteiger charge is 2.22. The third kappa shape index (κ3) is 3.85. The zero-order valence-corrected chi connectivity index (χ0v) is 14.4. The van der Waals surface area contributed by atoms with Crippen LogP contribution in [0, 0.1) is 15.9 Å². The van der Waals surface area contributed by atoms with Crippen molar-refractivity contribution in [1.82, 2.24) is 0 Å². The van der Waals surface area contributed by atoms with Gasteiger partial charge in [0, 0.05) is 16.8 Å². The average Bonchev–Trinajstić information content (AvgIpc) is 2.69. The Morgan fingerprint density at radius 3 is 2.32 bits per heavy atom. The van der Waals surface area contributed by atoms with Crippen molar-refractivity contribution in [3.63, 3.8) is 0 Å². The first-order chi connectivity index (χ1) is 13.4. The van der Waals surface area contributed by atoms with Gasteiger partial charge in [-0.1, -0.05) is 42.5 Å². The second kappa shape index (κ2) is 7.67. The largest absolute Gasteiger partial charge is 0.393 e. The smallest absolute Gasteiger partial charge is 0.295 e. The third-order valence-electron chi connectivity index (χ3n) is 3.98. The molecule has 140 valence electrons. The number of nitrogen functional groups attached to an aromatic ring is 1. The molecule has 0 unspecified atom stereocenters. The average molecular weight is 379 g/mol. The number of nitrogens with two attached hydrogens (primary N) is 1. The second-order valence-corrected chi connectivity index (χ2v) is 5.87. The molecular formula is C20H14FN3O4. The molecule has 3 rings (SSSR count). The van der Waals surface area contributed by atoms with Gasteiger partial charge in [-0.3, -0.25) is 19.7 Å². The number of carbonyl (C=O) groups is 2. The van der Waals surface area contributed by atoms with Crippen molar-refractivity contribution in [1.29, 1.82) is 0 Å². The fourth-order valence-electron chi connectivity index (χ4n) is 2.64. The number of halogens is 1. The van der Waals surface area contributed by atoms with Crippen LogP contribution in [0.4, 0.5) is 21.5 Å². The molecule has 0 saturated heterocycles. The Morgan fingerprint density at radius 1 is 0.964 bits per heavy atom. The Morgan fingerprint density at radius 2 is 1.64 bits per heavy atom. The van der Waals surface area contributed by atoms with Gasteiger partial charge in [0.1, 0.15) is 11.5 Å². The van der Waals surface area contributed by atoms with Gasteiger partial charge in [0.15, 0.2) is 5.78 Å². The van der Waals surface area contributed by atoms with Crippen molar-refractivity contribution in [2.24, 2.45) is 0 Å². The Hall–Kier alpha value is -4.07. The van der Waals surface area contributed by atoms with E-state index in [1.807, 2.05) is 0 Å². The summed E-state index contributed by atoms with van der Waals surface area (Å²) in [6, 6.07) is 16.2. The van der Waals surface area contributed by atoms with Crippen molar-refractivity contribution in [2.45, 2.75) is 0 Å². The van der Waals surface area contributed by atoms with Crippen LogP contribution < -0.4 is 11.1 Å². The molecule has 0 bridgehead atoms. The highest BCUT2D eigenvalue weighted by atomic mass is 19.1. The van der Waals surface area contributed by atoms with Crippen LogP contribution in [0.3, 0.4) is 0 Å². The quantitative estimate of drug-likeness (QED) is 0.303. The van der Waals surface area contributed by atoms with Gasteiger partial charge < -0.3 is 11.1 Å². The van der Waals surface area contributed by atoms with E-state index in [0.717, 1.165) is 6.07 Å². The van der Waals surface area contributed by atoms with Gasteiger partial charge in [0.2, 0.25) is 0 Å². The van der Waals surface area contributed by atoms with Crippen molar-refractivity contribution in [3.8, 4) is 0 Å². The topological polar surface area (TPSA) is 115 Å². The Labute approximate surface area is 158 Å². The van der Waals surface area contributed by atoms with Crippen LogP contribution in [0.2, 0.25) is 0 Å². The molecule has 0 aliphatic rings. The van der Waals surface area contributed by atoms with Gasteiger partial charge in [0.05, 0.1) is 16.6 Å². The summed E-state index contributed by atoms with van der Waals surface area (Å²) in [7, 11) is 0. The lowest BCUT2D eigenvalue weighted by atomic mass is 10.0. The van der Waals surface area contributed by atoms with Crippen LogP contribution in [0.15, 0.2) is 66.7 Å². The molecule has 0 fully saturated rings. The van der Waals surface area contributed by atoms with E-state index in [1.54, 1.807) is 42.5 Å². The second-order valence-electron chi connectivity index (χ2n) is 5.87. The Kier molecular flexibility index (Phi) is 5.12. The van der Waals surface area contributed by atoms with Crippen molar-refractivity contribution in [2.75, 3.05) is 11.1 Å². The highest BCUT2D eigenvalue weighted by molar-refractivity contribution is 6.11. The lowest BCUT2D eigenvalue weighted by Crippen LogP contribution is -2.16. The molecule has 0 aliphatic heterocycles. The number of anilines is 2. The molecule has 0 saturated carbocycles. The summed E-state index contributed by atoms with van der Waals surface area (Å²) in [5.41, 5.74) is 5.21. The fourth-order valence-corrected chi connectivity index (χ4v) is 2.64. The van der Waals surface area contributed by atoms with Crippen LogP contribution in [-0.4, -0.2) is 16.6 Å². The number of amides is 1. The summed E-state index contributed by atoms with van der Waals surface area (Å²) in [5.74, 6) is -2.03. The number of carbonyl (C=O) groups excluding carboxylic acids is 2. The number of nitrogens with one attached hydrogen (secondary N) is 1. The molecule has 3 aromatic rings. The molecular weight excluding hydrogens is 365 g/mol. The minimum Gasteiger partial charge on any atom is -0.393 e. The minimum absolute atomic E-state index is 0.238. The lowest BCUT2D eigenvalue weighted by Gasteiger charge is -2.09. The van der Waals surface area contributed by atoms with E-state index < -0.39 is 28.0 Å². The normalized spacial score (nSPS) is 10.3. The molecule has 0 radical (unpaired) electrons. The zero-order chi connectivity index (χ0) is 20.3. The van der Waals surface area contributed by atoms with Gasteiger partial charge >= 0.3 is 0 Å². The van der Waals surface area contributed by atoms with Crippen LogP contribution in [0.25, 0.3) is 0 Å². The summed E-state index contributed by atoms with van der Waals surface area (Å²) in [6.07, 6.45) is 0. The molecule has 3 aromatic carbocycles. The molecule has 0 aromatic heterocycles. The number of nitro benzene ring substituents is 1. The van der Waals surface area contributed by atoms with E-state index >= 15 is 0 Å². The maximum atomic E-state index is 13.6. The molecule has 1 amide bonds. The number of benzene rings is 3. The van der Waals surface area contributed by atoms with Crippen molar-refractivity contribution >= 4 is 28.8 Å². The highest BCUT2D eigenvalue weighted by Crippen LogP contribution is 2.27. The van der Waals surface area contributed by atoms with Crippen molar-refractivity contribution < 1.29 is 18.9 Å². The zero-order valence-electron chi connectivity index (χ0n) is 14.4. The molecule has 7 nitrogen and oxygen atoms in total. The molecule has 0 aliphatic carbocycles. The van der Waals surface area contributed by atoms with E-state index in [4.69, 9.17) is 5.73 Å². The van der Waals surface area contributed by atoms with E-state index in [2.05, 4.69) is 5.32 Å². The van der Waals surface area contributed by atoms with Gasteiger partial charge in [-0.15, -0.1) is 0 Å². The van der Waals surface area contributed by atoms with Gasteiger partial charge in [-0.25, -0.2) is 4.39 Å². The number of nitrogens with zero attached hydrogens (tertiary/aromatic N) is 1. The molecule has 8 heteroatoms. The number of nitro groups is 1. The van der Waals surface area contributed by atoms with Gasteiger partial charge in [0.25, 0.3) is 11.6 Å². The first kappa shape index (κ1) is 18.7. The predicted octanol–water partition coefficient (Wildman–Crippen LogP) is 3.80. The molecule has 0 heterocycles. The Balaban J connectivity index is 1.88. The fraction of sp³-hybridized carbons (Fsp3) is 0. The standard InChI is InChI=1S/C20H14FN3O4/c21-14-10-16(18(22)17(11-14)24(27)28)20(26)23-15-8-4-7-13(9-15)19(25)12-5-2-1-3-6-12/h1-11H,22H2,(H,23,26). The number of rotatable bonds is 5. The summed E-state index contributed by atoms with van der Waals surface area (Å²) < 4.78 is 13.6. The van der Waals surface area contributed by atoms with E-state index in [9.17, 15) is 24.1 Å². The van der Waals surface area contributed by atoms with Crippen molar-refractivity contribution in [3.05, 3.63) is 99.4 Å². The van der Waals surface area contributed by atoms with Crippen LogP contribution >= 0.6 is 0 Å². The molecule has 3 N–H and O–H groups in total. The maximum Gasteiger partial charge on any atom is 0.295 e. The summed E-state index contributed by atoms with van der Waals surface area (Å²) in [5, 5.41) is 13.4. The molecule has 0 spiro atoms. The SMILES string of the molecule is Nc1c(C(=O)Nc2cccc(C(=O)c3ccccc3)c2)cc(F)cc1[N+](=O)[O-]. The first-order valence-electron chi connectivity index (χ1n) is 8.11. The molecule has 0 atom stereocenters. The summed E-state index contributed by atoms with van der Waals surface area (Å²) in [6.45, 7) is 0. The van der Waals surface area contributed by atoms with E-state index in [1.165, 1.54) is 12.1 Å². The number of ketones is 1. The van der Waals surface area contributed by atoms with Gasteiger partial charge in [-0.2, -0.15) is 0 Å². The number of hydrogen-bond donors (Lipinski definition) is 2. The maximum absolute atomic E-state index is 13.6.